The van der Waals surface area contributed by atoms with Crippen LogP contribution in [-0.2, 0) is 6.42 Å². The summed E-state index contributed by atoms with van der Waals surface area (Å²) in [6.07, 6.45) is 0.266. The molecular weight excluding hydrogens is 268 g/mol. The second-order valence-electron chi connectivity index (χ2n) is 5.13. The molecule has 0 spiro atoms. The van der Waals surface area contributed by atoms with Crippen molar-refractivity contribution in [3.8, 4) is 0 Å². The van der Waals surface area contributed by atoms with E-state index in [1.165, 1.54) is 6.07 Å². The quantitative estimate of drug-likeness (QED) is 0.759. The normalized spacial score (nSPS) is 12.5. The molecule has 3 rings (SSSR count). The first-order valence-electron chi connectivity index (χ1n) is 6.82. The van der Waals surface area contributed by atoms with Gasteiger partial charge in [-0.25, -0.2) is 8.78 Å². The van der Waals surface area contributed by atoms with Crippen molar-refractivity contribution in [2.24, 2.45) is 5.73 Å². The number of fused-ring (bicyclic) bond motifs is 1. The smallest absolute Gasteiger partial charge is 0.162 e. The summed E-state index contributed by atoms with van der Waals surface area (Å²) in [6.45, 7) is 0. The van der Waals surface area contributed by atoms with Crippen LogP contribution in [0.4, 0.5) is 8.78 Å². The van der Waals surface area contributed by atoms with E-state index in [-0.39, 0.29) is 12.5 Å². The number of rotatable bonds is 3. The highest BCUT2D eigenvalue weighted by molar-refractivity contribution is 5.83. The predicted octanol–water partition coefficient (Wildman–Crippen LogP) is 4.36. The van der Waals surface area contributed by atoms with Crippen molar-refractivity contribution in [1.29, 1.82) is 0 Å². The van der Waals surface area contributed by atoms with Gasteiger partial charge in [0.2, 0.25) is 0 Å². The lowest BCUT2D eigenvalue weighted by Crippen LogP contribution is -2.14. The van der Waals surface area contributed by atoms with Gasteiger partial charge in [-0.15, -0.1) is 0 Å². The monoisotopic (exact) mass is 283 g/mol. The fourth-order valence-corrected chi connectivity index (χ4v) is 2.50. The number of benzene rings is 3. The zero-order chi connectivity index (χ0) is 14.8. The van der Waals surface area contributed by atoms with E-state index in [9.17, 15) is 8.78 Å². The molecule has 1 unspecified atom stereocenters. The zero-order valence-electron chi connectivity index (χ0n) is 11.4. The standard InChI is InChI=1S/C18H15F2N/c19-16-7-3-6-15(18(16)20)11-17(21)14-9-8-12-4-1-2-5-13(12)10-14/h1-10,17H,11,21H2. The van der Waals surface area contributed by atoms with Gasteiger partial charge < -0.3 is 5.73 Å². The van der Waals surface area contributed by atoms with Crippen molar-refractivity contribution < 1.29 is 8.78 Å². The van der Waals surface area contributed by atoms with Gasteiger partial charge in [-0.05, 0) is 40.5 Å². The topological polar surface area (TPSA) is 26.0 Å². The maximum Gasteiger partial charge on any atom is 0.162 e. The van der Waals surface area contributed by atoms with Gasteiger partial charge >= 0.3 is 0 Å². The molecule has 21 heavy (non-hydrogen) atoms. The van der Waals surface area contributed by atoms with E-state index in [1.807, 2.05) is 42.5 Å². The van der Waals surface area contributed by atoms with Crippen molar-refractivity contribution >= 4 is 10.8 Å². The summed E-state index contributed by atoms with van der Waals surface area (Å²) in [5.41, 5.74) is 7.36. The van der Waals surface area contributed by atoms with Gasteiger partial charge in [-0.1, -0.05) is 48.5 Å². The summed E-state index contributed by atoms with van der Waals surface area (Å²) < 4.78 is 26.9. The summed E-state index contributed by atoms with van der Waals surface area (Å²) >= 11 is 0. The Kier molecular flexibility index (Phi) is 3.67. The fourth-order valence-electron chi connectivity index (χ4n) is 2.50. The van der Waals surface area contributed by atoms with Crippen molar-refractivity contribution in [2.45, 2.75) is 12.5 Å². The molecule has 0 radical (unpaired) electrons. The van der Waals surface area contributed by atoms with Crippen molar-refractivity contribution in [3.05, 3.63) is 83.4 Å². The summed E-state index contributed by atoms with van der Waals surface area (Å²) in [7, 11) is 0. The first-order valence-corrected chi connectivity index (χ1v) is 6.82. The molecule has 0 bridgehead atoms. The Morgan fingerprint density at radius 1 is 0.857 bits per heavy atom. The van der Waals surface area contributed by atoms with Crippen LogP contribution in [0.1, 0.15) is 17.2 Å². The minimum Gasteiger partial charge on any atom is -0.324 e. The van der Waals surface area contributed by atoms with E-state index in [0.717, 1.165) is 22.4 Å². The summed E-state index contributed by atoms with van der Waals surface area (Å²) in [4.78, 5) is 0. The van der Waals surface area contributed by atoms with Crippen molar-refractivity contribution in [1.82, 2.24) is 0 Å². The van der Waals surface area contributed by atoms with E-state index in [4.69, 9.17) is 5.73 Å². The van der Waals surface area contributed by atoms with E-state index in [2.05, 4.69) is 0 Å². The Morgan fingerprint density at radius 2 is 1.62 bits per heavy atom. The number of hydrogen-bond donors (Lipinski definition) is 1. The third-order valence-corrected chi connectivity index (χ3v) is 3.67. The van der Waals surface area contributed by atoms with Gasteiger partial charge in [0.15, 0.2) is 11.6 Å². The second kappa shape index (κ2) is 5.62. The summed E-state index contributed by atoms with van der Waals surface area (Å²) in [5, 5.41) is 2.22. The van der Waals surface area contributed by atoms with Gasteiger partial charge in [0, 0.05) is 6.04 Å². The van der Waals surface area contributed by atoms with Crippen LogP contribution < -0.4 is 5.73 Å². The molecule has 0 saturated heterocycles. The molecule has 0 aromatic heterocycles. The lowest BCUT2D eigenvalue weighted by Gasteiger charge is -2.14. The highest BCUT2D eigenvalue weighted by Crippen LogP contribution is 2.23. The molecule has 3 aromatic carbocycles. The Hall–Kier alpha value is -2.26. The minimum atomic E-state index is -0.835. The number of halogens is 2. The molecule has 1 nitrogen and oxygen atoms in total. The van der Waals surface area contributed by atoms with Crippen LogP contribution >= 0.6 is 0 Å². The molecule has 0 aliphatic heterocycles. The number of nitrogens with two attached hydrogens (primary N) is 1. The van der Waals surface area contributed by atoms with Gasteiger partial charge in [0.25, 0.3) is 0 Å². The Morgan fingerprint density at radius 3 is 2.43 bits per heavy atom. The van der Waals surface area contributed by atoms with E-state index >= 15 is 0 Å². The van der Waals surface area contributed by atoms with Gasteiger partial charge in [-0.2, -0.15) is 0 Å². The highest BCUT2D eigenvalue weighted by atomic mass is 19.2. The van der Waals surface area contributed by atoms with Gasteiger partial charge in [-0.3, -0.25) is 0 Å². The van der Waals surface area contributed by atoms with Crippen LogP contribution in [0, 0.1) is 11.6 Å². The maximum absolute atomic E-state index is 13.7. The third-order valence-electron chi connectivity index (χ3n) is 3.67. The molecule has 3 heteroatoms. The molecule has 0 heterocycles. The Labute approximate surface area is 122 Å². The lowest BCUT2D eigenvalue weighted by molar-refractivity contribution is 0.494. The molecule has 0 fully saturated rings. The molecular formula is C18H15F2N. The molecule has 0 aliphatic rings. The van der Waals surface area contributed by atoms with Gasteiger partial charge in [0.05, 0.1) is 0 Å². The zero-order valence-corrected chi connectivity index (χ0v) is 11.4. The first kappa shape index (κ1) is 13.7. The van der Waals surface area contributed by atoms with Crippen LogP contribution in [0.15, 0.2) is 60.7 Å². The minimum absolute atomic E-state index is 0.266. The molecule has 1 atom stereocenters. The molecule has 0 aliphatic carbocycles. The van der Waals surface area contributed by atoms with E-state index in [0.29, 0.717) is 5.56 Å². The molecule has 0 amide bonds. The highest BCUT2D eigenvalue weighted by Gasteiger charge is 2.13. The molecule has 106 valence electrons. The summed E-state index contributed by atoms with van der Waals surface area (Å²) in [5.74, 6) is -1.65. The third kappa shape index (κ3) is 2.78. The van der Waals surface area contributed by atoms with Crippen LogP contribution in [0.3, 0.4) is 0 Å². The largest absolute Gasteiger partial charge is 0.324 e. The number of hydrogen-bond acceptors (Lipinski definition) is 1. The van der Waals surface area contributed by atoms with E-state index < -0.39 is 11.6 Å². The van der Waals surface area contributed by atoms with Crippen LogP contribution in [0.25, 0.3) is 10.8 Å². The summed E-state index contributed by atoms with van der Waals surface area (Å²) in [6, 6.07) is 17.7. The van der Waals surface area contributed by atoms with Crippen LogP contribution in [0.2, 0.25) is 0 Å². The fraction of sp³-hybridized carbons (Fsp3) is 0.111. The average Bonchev–Trinajstić information content (AvgIpc) is 2.51. The van der Waals surface area contributed by atoms with Crippen molar-refractivity contribution in [2.75, 3.05) is 0 Å². The SMILES string of the molecule is NC(Cc1cccc(F)c1F)c1ccc2ccccc2c1. The second-order valence-corrected chi connectivity index (χ2v) is 5.13. The van der Waals surface area contributed by atoms with Crippen molar-refractivity contribution in [3.63, 3.8) is 0 Å². The molecule has 3 aromatic rings. The lowest BCUT2D eigenvalue weighted by atomic mass is 9.97. The maximum atomic E-state index is 13.7. The molecule has 2 N–H and O–H groups in total. The van der Waals surface area contributed by atoms with E-state index in [1.54, 1.807) is 6.07 Å². The average molecular weight is 283 g/mol. The first-order chi connectivity index (χ1) is 10.1. The predicted molar refractivity (Wildman–Crippen MR) is 80.9 cm³/mol. The van der Waals surface area contributed by atoms with Crippen LogP contribution in [-0.4, -0.2) is 0 Å². The molecule has 0 saturated carbocycles. The van der Waals surface area contributed by atoms with Crippen LogP contribution in [0.5, 0.6) is 0 Å². The Balaban J connectivity index is 1.89. The van der Waals surface area contributed by atoms with Gasteiger partial charge in [0.1, 0.15) is 0 Å². The Bertz CT molecular complexity index is 783.